The molecule has 2 rings (SSSR count). The topological polar surface area (TPSA) is 58.1 Å². The van der Waals surface area contributed by atoms with Crippen LogP contribution in [0.5, 0.6) is 0 Å². The summed E-state index contributed by atoms with van der Waals surface area (Å²) in [5.74, 6) is -0.629. The first-order chi connectivity index (χ1) is 10.3. The van der Waals surface area contributed by atoms with E-state index in [1.54, 1.807) is 19.0 Å². The van der Waals surface area contributed by atoms with Crippen molar-refractivity contribution in [2.45, 2.75) is 6.18 Å². The second-order valence-electron chi connectivity index (χ2n) is 4.67. The molecule has 0 radical (unpaired) electrons. The van der Waals surface area contributed by atoms with Gasteiger partial charge in [-0.3, -0.25) is 9.78 Å². The van der Waals surface area contributed by atoms with E-state index >= 15 is 0 Å². The lowest BCUT2D eigenvalue weighted by atomic mass is 10.1. The minimum atomic E-state index is -4.49. The Balaban J connectivity index is 2.37. The molecule has 1 amide bonds. The highest BCUT2D eigenvalue weighted by atomic mass is 19.4. The summed E-state index contributed by atoms with van der Waals surface area (Å²) >= 11 is 0. The number of nitrogens with zero attached hydrogens (tertiary/aromatic N) is 3. The maximum Gasteiger partial charge on any atom is 0.416 e. The molecular formula is C14H13F3N4O. The summed E-state index contributed by atoms with van der Waals surface area (Å²) in [5.41, 5.74) is -0.321. The van der Waals surface area contributed by atoms with E-state index in [2.05, 4.69) is 15.3 Å². The number of halogens is 3. The zero-order chi connectivity index (χ0) is 16.3. The molecule has 2 aromatic rings. The minimum absolute atomic E-state index is 0.0182. The second-order valence-corrected chi connectivity index (χ2v) is 4.67. The highest BCUT2D eigenvalue weighted by Crippen LogP contribution is 2.35. The van der Waals surface area contributed by atoms with Gasteiger partial charge in [0, 0.05) is 26.5 Å². The Labute approximate surface area is 124 Å². The third kappa shape index (κ3) is 3.51. The van der Waals surface area contributed by atoms with E-state index in [1.807, 2.05) is 0 Å². The van der Waals surface area contributed by atoms with Crippen LogP contribution < -0.4 is 10.2 Å². The average molecular weight is 310 g/mol. The van der Waals surface area contributed by atoms with E-state index < -0.39 is 17.6 Å². The molecule has 1 aromatic heterocycles. The van der Waals surface area contributed by atoms with Gasteiger partial charge in [0.1, 0.15) is 5.69 Å². The van der Waals surface area contributed by atoms with Crippen molar-refractivity contribution in [3.05, 3.63) is 48.0 Å². The quantitative estimate of drug-likeness (QED) is 0.947. The molecule has 1 N–H and O–H groups in total. The predicted octanol–water partition coefficient (Wildman–Crippen LogP) is 2.81. The highest BCUT2D eigenvalue weighted by molar-refractivity contribution is 6.04. The number of benzene rings is 1. The van der Waals surface area contributed by atoms with Crippen LogP contribution in [0.3, 0.4) is 0 Å². The Morgan fingerprint density at radius 3 is 2.50 bits per heavy atom. The fourth-order valence-corrected chi connectivity index (χ4v) is 1.81. The third-order valence-corrected chi connectivity index (χ3v) is 2.85. The maximum atomic E-state index is 12.8. The summed E-state index contributed by atoms with van der Waals surface area (Å²) < 4.78 is 38.4. The van der Waals surface area contributed by atoms with Gasteiger partial charge in [-0.25, -0.2) is 4.98 Å². The molecule has 1 heterocycles. The van der Waals surface area contributed by atoms with Crippen LogP contribution in [0.2, 0.25) is 0 Å². The number of carbonyl (C=O) groups is 1. The van der Waals surface area contributed by atoms with Gasteiger partial charge in [-0.15, -0.1) is 0 Å². The van der Waals surface area contributed by atoms with Crippen molar-refractivity contribution in [2.24, 2.45) is 0 Å². The van der Waals surface area contributed by atoms with Crippen LogP contribution >= 0.6 is 0 Å². The first-order valence-electron chi connectivity index (χ1n) is 6.25. The molecule has 0 aliphatic heterocycles. The summed E-state index contributed by atoms with van der Waals surface area (Å²) in [6.45, 7) is 0. The molecule has 0 saturated heterocycles. The van der Waals surface area contributed by atoms with Gasteiger partial charge in [0.2, 0.25) is 0 Å². The van der Waals surface area contributed by atoms with Crippen molar-refractivity contribution in [3.63, 3.8) is 0 Å². The summed E-state index contributed by atoms with van der Waals surface area (Å²) in [5, 5.41) is 2.44. The van der Waals surface area contributed by atoms with Crippen molar-refractivity contribution in [3.8, 4) is 0 Å². The molecule has 1 aromatic carbocycles. The van der Waals surface area contributed by atoms with Crippen LogP contribution in [-0.2, 0) is 6.18 Å². The van der Waals surface area contributed by atoms with E-state index in [0.29, 0.717) is 5.69 Å². The minimum Gasteiger partial charge on any atom is -0.376 e. The fraction of sp³-hybridized carbons (Fsp3) is 0.214. The van der Waals surface area contributed by atoms with Gasteiger partial charge in [-0.2, -0.15) is 13.2 Å². The van der Waals surface area contributed by atoms with E-state index in [-0.39, 0.29) is 11.4 Å². The monoisotopic (exact) mass is 310 g/mol. The van der Waals surface area contributed by atoms with E-state index in [0.717, 1.165) is 12.1 Å². The van der Waals surface area contributed by atoms with Gasteiger partial charge >= 0.3 is 6.18 Å². The van der Waals surface area contributed by atoms with Crippen LogP contribution in [-0.4, -0.2) is 30.0 Å². The first kappa shape index (κ1) is 15.7. The molecule has 22 heavy (non-hydrogen) atoms. The van der Waals surface area contributed by atoms with Gasteiger partial charge in [0.05, 0.1) is 23.1 Å². The molecule has 0 unspecified atom stereocenters. The molecule has 0 saturated carbocycles. The average Bonchev–Trinajstić information content (AvgIpc) is 2.47. The lowest BCUT2D eigenvalue weighted by Crippen LogP contribution is -2.18. The molecule has 116 valence electrons. The molecule has 0 fully saturated rings. The van der Waals surface area contributed by atoms with E-state index in [9.17, 15) is 18.0 Å². The summed E-state index contributed by atoms with van der Waals surface area (Å²) in [6, 6.07) is 3.16. The van der Waals surface area contributed by atoms with Crippen molar-refractivity contribution in [1.82, 2.24) is 9.97 Å². The van der Waals surface area contributed by atoms with Crippen molar-refractivity contribution < 1.29 is 18.0 Å². The summed E-state index contributed by atoms with van der Waals surface area (Å²) in [4.78, 5) is 21.2. The lowest BCUT2D eigenvalue weighted by Gasteiger charge is -2.19. The van der Waals surface area contributed by atoms with Gasteiger partial charge in [-0.1, -0.05) is 0 Å². The van der Waals surface area contributed by atoms with Crippen LogP contribution in [0.4, 0.5) is 24.5 Å². The molecule has 0 aliphatic rings. The number of aromatic nitrogens is 2. The van der Waals surface area contributed by atoms with E-state index in [1.165, 1.54) is 24.7 Å². The summed E-state index contributed by atoms with van der Waals surface area (Å²) in [7, 11) is 3.33. The van der Waals surface area contributed by atoms with Gasteiger partial charge in [0.25, 0.3) is 5.91 Å². The van der Waals surface area contributed by atoms with Gasteiger partial charge in [0.15, 0.2) is 0 Å². The predicted molar refractivity (Wildman–Crippen MR) is 75.8 cm³/mol. The molecule has 0 atom stereocenters. The number of alkyl halides is 3. The Kier molecular flexibility index (Phi) is 4.30. The van der Waals surface area contributed by atoms with Crippen LogP contribution in [0, 0.1) is 0 Å². The molecule has 5 nitrogen and oxygen atoms in total. The number of hydrogen-bond donors (Lipinski definition) is 1. The Morgan fingerprint density at radius 1 is 1.23 bits per heavy atom. The van der Waals surface area contributed by atoms with Gasteiger partial charge < -0.3 is 10.2 Å². The first-order valence-corrected chi connectivity index (χ1v) is 6.25. The smallest absolute Gasteiger partial charge is 0.376 e. The molecule has 0 bridgehead atoms. The zero-order valence-corrected chi connectivity index (χ0v) is 11.8. The Bertz CT molecular complexity index is 672. The SMILES string of the molecule is CN(C)c1ccc(C(F)(F)F)cc1NC(=O)c1cnccn1. The molecule has 0 aliphatic carbocycles. The summed E-state index contributed by atoms with van der Waals surface area (Å²) in [6.07, 6.45) is -0.532. The largest absolute Gasteiger partial charge is 0.416 e. The number of anilines is 2. The number of carbonyl (C=O) groups excluding carboxylic acids is 1. The number of hydrogen-bond acceptors (Lipinski definition) is 4. The second kappa shape index (κ2) is 6.00. The molecule has 0 spiro atoms. The van der Waals surface area contributed by atoms with Crippen molar-refractivity contribution in [2.75, 3.05) is 24.3 Å². The van der Waals surface area contributed by atoms with Crippen LogP contribution in [0.15, 0.2) is 36.8 Å². The number of nitrogens with one attached hydrogen (secondary N) is 1. The van der Waals surface area contributed by atoms with Crippen LogP contribution in [0.1, 0.15) is 16.1 Å². The molecular weight excluding hydrogens is 297 g/mol. The van der Waals surface area contributed by atoms with Crippen LogP contribution in [0.25, 0.3) is 0 Å². The van der Waals surface area contributed by atoms with E-state index in [4.69, 9.17) is 0 Å². The number of rotatable bonds is 3. The van der Waals surface area contributed by atoms with Crippen molar-refractivity contribution in [1.29, 1.82) is 0 Å². The zero-order valence-electron chi connectivity index (χ0n) is 11.8. The lowest BCUT2D eigenvalue weighted by molar-refractivity contribution is -0.137. The molecule has 8 heteroatoms. The Hall–Kier alpha value is -2.64. The normalized spacial score (nSPS) is 11.1. The van der Waals surface area contributed by atoms with Crippen molar-refractivity contribution >= 4 is 17.3 Å². The third-order valence-electron chi connectivity index (χ3n) is 2.85. The highest BCUT2D eigenvalue weighted by Gasteiger charge is 2.31. The maximum absolute atomic E-state index is 12.8. The number of amides is 1. The fourth-order valence-electron chi connectivity index (χ4n) is 1.81. The van der Waals surface area contributed by atoms with Gasteiger partial charge in [-0.05, 0) is 18.2 Å². The Morgan fingerprint density at radius 2 is 1.95 bits per heavy atom. The standard InChI is InChI=1S/C14H13F3N4O/c1-21(2)12-4-3-9(14(15,16)17)7-10(12)20-13(22)11-8-18-5-6-19-11/h3-8H,1-2H3,(H,20,22).